The van der Waals surface area contributed by atoms with Crippen molar-refractivity contribution < 1.29 is 60.3 Å². The number of rotatable bonds is 7. The number of fused-ring (bicyclic) bond motifs is 3. The fraction of sp³-hybridized carbons (Fsp3) is 0.0286. The van der Waals surface area contributed by atoms with Crippen molar-refractivity contribution in [3.05, 3.63) is 303 Å². The number of aryl methyl sites for hydroxylation is 2. The molecule has 0 unspecified atom stereocenters. The second kappa shape index (κ2) is 29.6. The minimum atomic E-state index is 0. The van der Waals surface area contributed by atoms with Gasteiger partial charge < -0.3 is 15.0 Å². The van der Waals surface area contributed by atoms with E-state index in [0.717, 1.165) is 72.4 Å². The molecule has 6 nitrogen and oxygen atoms in total. The SMILES string of the molecule is Cc1ccc(-c2ccc[c-]c2-c2ccccn2)cc1.Cc1ccc(-c2ccc[c-]c2-c2ccccn2)cn1.[Ir].[Ir].[Ir].[c-]1ccccc1-c1ccccn1.c1ccc(-c2ccnc3c2ccc2c(-c4ccccc4)ccnc23)cc1. The molecule has 0 bridgehead atoms. The quantitative estimate of drug-likeness (QED) is 0.117. The molecule has 13 aromatic rings. The summed E-state index contributed by atoms with van der Waals surface area (Å²) in [4.78, 5) is 26.7. The first kappa shape index (κ1) is 58.6. The maximum atomic E-state index is 4.67. The third-order valence-electron chi connectivity index (χ3n) is 12.6. The van der Waals surface area contributed by atoms with E-state index in [1.54, 1.807) is 12.4 Å². The molecule has 0 atom stereocenters. The summed E-state index contributed by atoms with van der Waals surface area (Å²) in [5.41, 5.74) is 19.4. The average Bonchev–Trinajstić information content (AvgIpc) is 3.51. The third kappa shape index (κ3) is 14.9. The van der Waals surface area contributed by atoms with Gasteiger partial charge in [-0.15, -0.1) is 95.6 Å². The van der Waals surface area contributed by atoms with Crippen molar-refractivity contribution in [2.24, 2.45) is 0 Å². The minimum Gasteiger partial charge on any atom is -0.305 e. The van der Waals surface area contributed by atoms with Gasteiger partial charge in [-0.1, -0.05) is 162 Å². The molecule has 0 saturated carbocycles. The van der Waals surface area contributed by atoms with Crippen molar-refractivity contribution in [1.82, 2.24) is 29.9 Å². The Morgan fingerprint density at radius 2 is 0.734 bits per heavy atom. The van der Waals surface area contributed by atoms with Crippen LogP contribution >= 0.6 is 0 Å². The van der Waals surface area contributed by atoms with Crippen LogP contribution < -0.4 is 0 Å². The Morgan fingerprint density at radius 3 is 1.19 bits per heavy atom. The molecule has 0 aliphatic carbocycles. The molecule has 0 spiro atoms. The second-order valence-electron chi connectivity index (χ2n) is 17.7. The molecule has 0 amide bonds. The summed E-state index contributed by atoms with van der Waals surface area (Å²) in [7, 11) is 0. The van der Waals surface area contributed by atoms with Crippen molar-refractivity contribution in [3.8, 4) is 78.3 Å². The molecule has 79 heavy (non-hydrogen) atoms. The first-order chi connectivity index (χ1) is 37.6. The molecule has 0 aliphatic rings. The summed E-state index contributed by atoms with van der Waals surface area (Å²) in [6, 6.07) is 89.3. The molecule has 391 valence electrons. The van der Waals surface area contributed by atoms with Gasteiger partial charge in [0.05, 0.1) is 11.0 Å². The van der Waals surface area contributed by atoms with E-state index >= 15 is 0 Å². The maximum Gasteiger partial charge on any atom is 0.0970 e. The van der Waals surface area contributed by atoms with Crippen LogP contribution in [0.5, 0.6) is 0 Å². The van der Waals surface area contributed by atoms with Crippen LogP contribution in [0.25, 0.3) is 100 Å². The first-order valence-corrected chi connectivity index (χ1v) is 25.1. The topological polar surface area (TPSA) is 77.3 Å². The Hall–Kier alpha value is -8.09. The predicted molar refractivity (Wildman–Crippen MR) is 312 cm³/mol. The summed E-state index contributed by atoms with van der Waals surface area (Å²) in [5.74, 6) is 0. The Kier molecular flexibility index (Phi) is 21.9. The normalized spacial score (nSPS) is 10.1. The molecule has 0 fully saturated rings. The second-order valence-corrected chi connectivity index (χ2v) is 17.7. The van der Waals surface area contributed by atoms with Gasteiger partial charge in [0.2, 0.25) is 0 Å². The Bertz CT molecular complexity index is 3660. The van der Waals surface area contributed by atoms with Crippen LogP contribution in [0.2, 0.25) is 0 Å². The number of hydrogen-bond donors (Lipinski definition) is 0. The summed E-state index contributed by atoms with van der Waals surface area (Å²) >= 11 is 0. The van der Waals surface area contributed by atoms with Gasteiger partial charge >= 0.3 is 0 Å². The van der Waals surface area contributed by atoms with E-state index in [9.17, 15) is 0 Å². The van der Waals surface area contributed by atoms with Gasteiger partial charge in [0.1, 0.15) is 0 Å². The van der Waals surface area contributed by atoms with E-state index in [1.165, 1.54) is 38.9 Å². The zero-order valence-electron chi connectivity index (χ0n) is 43.2. The van der Waals surface area contributed by atoms with Gasteiger partial charge in [0.25, 0.3) is 0 Å². The van der Waals surface area contributed by atoms with E-state index in [0.29, 0.717) is 0 Å². The molecule has 6 heterocycles. The van der Waals surface area contributed by atoms with Crippen molar-refractivity contribution >= 4 is 21.8 Å². The maximum absolute atomic E-state index is 4.67. The van der Waals surface area contributed by atoms with E-state index in [1.807, 2.05) is 153 Å². The molecular weight excluding hydrogens is 1500 g/mol. The fourth-order valence-corrected chi connectivity index (χ4v) is 8.80. The molecule has 9 heteroatoms. The van der Waals surface area contributed by atoms with Gasteiger partial charge in [-0.3, -0.25) is 15.0 Å². The van der Waals surface area contributed by atoms with Crippen LogP contribution in [-0.4, -0.2) is 29.9 Å². The van der Waals surface area contributed by atoms with Crippen molar-refractivity contribution in [2.75, 3.05) is 0 Å². The minimum absolute atomic E-state index is 0. The molecule has 6 aromatic heterocycles. The summed E-state index contributed by atoms with van der Waals surface area (Å²) in [6.45, 7) is 4.08. The van der Waals surface area contributed by atoms with Crippen LogP contribution in [-0.2, 0) is 60.3 Å². The molecule has 7 aromatic carbocycles. The third-order valence-corrected chi connectivity index (χ3v) is 12.6. The standard InChI is InChI=1S/C24H16N2.C18H14N.C17H13N2.C11H8N.3Ir/c1-3-7-17(8-4-1)19-13-15-25-23-21(19)11-12-22-20(14-16-26-24(22)23)18-9-5-2-6-10-18;1-14-9-11-15(12-10-14)16-6-2-3-7-17(16)18-8-4-5-13-19-18;1-13-9-10-14(12-19-13)15-6-2-3-7-16(15)17-8-4-5-11-18-17;1-2-6-10(7-3-1)11-8-4-5-9-12-11;;;/h1-16H;2-6,8-13H,1H3;2-6,8-12H,1H3;1-6,8-9H;;;/q;3*-1;;;. The number of hydrogen-bond acceptors (Lipinski definition) is 6. The van der Waals surface area contributed by atoms with Crippen LogP contribution in [0.1, 0.15) is 11.3 Å². The number of nitrogens with zero attached hydrogens (tertiary/aromatic N) is 6. The number of pyridine rings is 6. The summed E-state index contributed by atoms with van der Waals surface area (Å²) in [6.07, 6.45) is 11.0. The predicted octanol–water partition coefficient (Wildman–Crippen LogP) is 17.1. The van der Waals surface area contributed by atoms with Gasteiger partial charge in [-0.2, -0.15) is 0 Å². The Labute approximate surface area is 503 Å². The van der Waals surface area contributed by atoms with Crippen LogP contribution in [0, 0.1) is 32.0 Å². The molecule has 0 saturated heterocycles. The van der Waals surface area contributed by atoms with E-state index in [4.69, 9.17) is 0 Å². The number of aromatic nitrogens is 6. The molecule has 13 rings (SSSR count). The average molecular weight is 1550 g/mol. The van der Waals surface area contributed by atoms with Crippen LogP contribution in [0.4, 0.5) is 0 Å². The summed E-state index contributed by atoms with van der Waals surface area (Å²) < 4.78 is 0. The molecule has 3 radical (unpaired) electrons. The van der Waals surface area contributed by atoms with Gasteiger partial charge in [0.15, 0.2) is 0 Å². The first-order valence-electron chi connectivity index (χ1n) is 25.1. The van der Waals surface area contributed by atoms with E-state index in [2.05, 4.69) is 170 Å². The largest absolute Gasteiger partial charge is 0.305 e. The monoisotopic (exact) mass is 1550 g/mol. The Morgan fingerprint density at radius 1 is 0.291 bits per heavy atom. The van der Waals surface area contributed by atoms with Gasteiger partial charge in [-0.05, 0) is 95.1 Å². The number of benzene rings is 7. The van der Waals surface area contributed by atoms with Crippen LogP contribution in [0.3, 0.4) is 0 Å². The fourth-order valence-electron chi connectivity index (χ4n) is 8.80. The van der Waals surface area contributed by atoms with E-state index < -0.39 is 0 Å². The van der Waals surface area contributed by atoms with Crippen molar-refractivity contribution in [2.45, 2.75) is 13.8 Å². The zero-order valence-corrected chi connectivity index (χ0v) is 50.3. The molecule has 0 aliphatic heterocycles. The van der Waals surface area contributed by atoms with Gasteiger partial charge in [0, 0.05) is 114 Å². The van der Waals surface area contributed by atoms with Crippen molar-refractivity contribution in [1.29, 1.82) is 0 Å². The van der Waals surface area contributed by atoms with Crippen molar-refractivity contribution in [3.63, 3.8) is 0 Å². The van der Waals surface area contributed by atoms with Gasteiger partial charge in [-0.25, -0.2) is 0 Å². The van der Waals surface area contributed by atoms with E-state index in [-0.39, 0.29) is 60.3 Å². The Balaban J connectivity index is 0.000000155. The molecule has 0 N–H and O–H groups in total. The van der Waals surface area contributed by atoms with Crippen LogP contribution in [0.15, 0.2) is 274 Å². The smallest absolute Gasteiger partial charge is 0.0970 e. The zero-order chi connectivity index (χ0) is 51.7. The molecular formula is C70H51Ir3N6-3. The summed E-state index contributed by atoms with van der Waals surface area (Å²) in [5, 5.41) is 2.26.